The molecule has 2 heterocycles. The molecule has 2 aromatic heterocycles. The zero-order valence-electron chi connectivity index (χ0n) is 24.2. The van der Waals surface area contributed by atoms with Gasteiger partial charge in [-0.3, -0.25) is 4.79 Å². The first-order chi connectivity index (χ1) is 22.1. The highest BCUT2D eigenvalue weighted by atomic mass is 19.4. The number of esters is 1. The van der Waals surface area contributed by atoms with Crippen molar-refractivity contribution in [3.63, 3.8) is 0 Å². The maximum atomic E-state index is 14.2. The van der Waals surface area contributed by atoms with Crippen LogP contribution in [0.25, 0.3) is 11.3 Å². The van der Waals surface area contributed by atoms with Crippen LogP contribution < -0.4 is 15.4 Å². The van der Waals surface area contributed by atoms with Crippen LogP contribution in [0, 0.1) is 5.82 Å². The number of alkyl halides is 3. The normalized spacial score (nSPS) is 11.2. The minimum atomic E-state index is -4.64. The molecule has 0 saturated carbocycles. The van der Waals surface area contributed by atoms with Gasteiger partial charge in [0.05, 0.1) is 54.5 Å². The van der Waals surface area contributed by atoms with E-state index >= 15 is 0 Å². The van der Waals surface area contributed by atoms with Crippen molar-refractivity contribution in [3.05, 3.63) is 125 Å². The number of halogens is 4. The van der Waals surface area contributed by atoms with Crippen molar-refractivity contribution in [1.29, 1.82) is 0 Å². The molecular weight excluding hydrogens is 608 g/mol. The molecule has 0 aliphatic heterocycles. The van der Waals surface area contributed by atoms with Gasteiger partial charge in [-0.05, 0) is 42.0 Å². The third-order valence-electron chi connectivity index (χ3n) is 6.75. The second-order valence-corrected chi connectivity index (χ2v) is 9.95. The molecule has 3 aromatic carbocycles. The molecular formula is C33H26F4N4O5. The number of anilines is 2. The van der Waals surface area contributed by atoms with Crippen LogP contribution in [-0.4, -0.2) is 29.0 Å². The summed E-state index contributed by atoms with van der Waals surface area (Å²) < 4.78 is 68.2. The number of nitrogens with one attached hydrogen (secondary N) is 2. The molecule has 5 aromatic rings. The largest absolute Gasteiger partial charge is 0.473 e. The van der Waals surface area contributed by atoms with E-state index in [2.05, 4.69) is 20.6 Å². The SMILES string of the molecule is COC(=O)c1ccc(NC(=O)Cc2ccc(-c3cccc(OCc4ccc(C(F)(F)F)cc4F)n3)cc2)c(NCc2cnco2)c1. The molecule has 13 heteroatoms. The first-order valence-corrected chi connectivity index (χ1v) is 13.8. The number of hydrogen-bond donors (Lipinski definition) is 2. The van der Waals surface area contributed by atoms with Crippen LogP contribution in [0.4, 0.5) is 28.9 Å². The number of hydrogen-bond acceptors (Lipinski definition) is 8. The Kier molecular flexibility index (Phi) is 9.60. The molecule has 0 radical (unpaired) electrons. The quantitative estimate of drug-likeness (QED) is 0.117. The molecule has 1 amide bonds. The van der Waals surface area contributed by atoms with Gasteiger partial charge in [0.2, 0.25) is 11.8 Å². The standard InChI is InChI=1S/C33H26F4N4O5/c1-44-32(43)22-10-12-28(29(14-22)39-17-25-16-38-19-46-25)40-30(42)13-20-5-7-21(8-6-20)27-3-2-4-31(41-27)45-18-23-9-11-24(15-26(23)34)33(35,36)37/h2-12,14-16,19,39H,13,17-18H2,1H3,(H,40,42). The number of oxazole rings is 1. The summed E-state index contributed by atoms with van der Waals surface area (Å²) in [7, 11) is 1.28. The molecule has 0 bridgehead atoms. The molecule has 2 N–H and O–H groups in total. The van der Waals surface area contributed by atoms with Gasteiger partial charge in [-0.2, -0.15) is 13.2 Å². The average Bonchev–Trinajstić information content (AvgIpc) is 3.57. The summed E-state index contributed by atoms with van der Waals surface area (Å²) in [5.41, 5.74) is 2.08. The Morgan fingerprint density at radius 2 is 1.76 bits per heavy atom. The smallest absolute Gasteiger partial charge is 0.416 e. The number of benzene rings is 3. The third kappa shape index (κ3) is 8.05. The van der Waals surface area contributed by atoms with Gasteiger partial charge in [0, 0.05) is 17.2 Å². The second kappa shape index (κ2) is 13.9. The number of methoxy groups -OCH3 is 1. The van der Waals surface area contributed by atoms with Crippen LogP contribution in [0.2, 0.25) is 0 Å². The molecule has 9 nitrogen and oxygen atoms in total. The molecule has 0 unspecified atom stereocenters. The Morgan fingerprint density at radius 3 is 2.46 bits per heavy atom. The molecule has 0 saturated heterocycles. The van der Waals surface area contributed by atoms with Gasteiger partial charge in [-0.15, -0.1) is 0 Å². The molecule has 236 valence electrons. The summed E-state index contributed by atoms with van der Waals surface area (Å²) in [4.78, 5) is 33.3. The zero-order chi connectivity index (χ0) is 32.7. The van der Waals surface area contributed by atoms with E-state index in [0.29, 0.717) is 45.6 Å². The van der Waals surface area contributed by atoms with E-state index in [1.165, 1.54) is 13.5 Å². The molecule has 0 fully saturated rings. The first kappa shape index (κ1) is 31.7. The maximum Gasteiger partial charge on any atom is 0.416 e. The summed E-state index contributed by atoms with van der Waals surface area (Å²) in [6, 6.07) is 19.0. The molecule has 0 spiro atoms. The van der Waals surface area contributed by atoms with Crippen molar-refractivity contribution in [3.8, 4) is 17.1 Å². The van der Waals surface area contributed by atoms with Gasteiger partial charge >= 0.3 is 12.1 Å². The van der Waals surface area contributed by atoms with E-state index in [1.54, 1.807) is 66.9 Å². The molecule has 0 aliphatic rings. The van der Waals surface area contributed by atoms with Gasteiger partial charge in [0.15, 0.2) is 6.39 Å². The van der Waals surface area contributed by atoms with E-state index in [4.69, 9.17) is 13.9 Å². The maximum absolute atomic E-state index is 14.2. The van der Waals surface area contributed by atoms with Gasteiger partial charge in [0.25, 0.3) is 0 Å². The summed E-state index contributed by atoms with van der Waals surface area (Å²) in [5.74, 6) is -1.14. The fourth-order valence-corrected chi connectivity index (χ4v) is 4.38. The van der Waals surface area contributed by atoms with Crippen molar-refractivity contribution < 1.29 is 41.0 Å². The van der Waals surface area contributed by atoms with Crippen LogP contribution in [0.15, 0.2) is 95.9 Å². The van der Waals surface area contributed by atoms with Crippen LogP contribution in [0.1, 0.15) is 32.8 Å². The topological polar surface area (TPSA) is 116 Å². The van der Waals surface area contributed by atoms with Crippen molar-refractivity contribution in [1.82, 2.24) is 9.97 Å². The molecule has 46 heavy (non-hydrogen) atoms. The Hall–Kier alpha value is -5.72. The lowest BCUT2D eigenvalue weighted by Gasteiger charge is -2.14. The fraction of sp³-hybridized carbons (Fsp3) is 0.152. The highest BCUT2D eigenvalue weighted by Gasteiger charge is 2.31. The van der Waals surface area contributed by atoms with Gasteiger partial charge in [-0.25, -0.2) is 19.2 Å². The minimum absolute atomic E-state index is 0.0417. The number of rotatable bonds is 11. The fourth-order valence-electron chi connectivity index (χ4n) is 4.38. The molecule has 0 atom stereocenters. The number of ether oxygens (including phenoxy) is 2. The van der Waals surface area contributed by atoms with Crippen molar-refractivity contribution >= 4 is 23.3 Å². The number of pyridine rings is 1. The summed E-state index contributed by atoms with van der Waals surface area (Å²) >= 11 is 0. The van der Waals surface area contributed by atoms with Crippen LogP contribution in [0.3, 0.4) is 0 Å². The van der Waals surface area contributed by atoms with Crippen molar-refractivity contribution in [2.75, 3.05) is 17.7 Å². The number of nitrogens with zero attached hydrogens (tertiary/aromatic N) is 2. The van der Waals surface area contributed by atoms with E-state index in [1.807, 2.05) is 0 Å². The van der Waals surface area contributed by atoms with Crippen molar-refractivity contribution in [2.45, 2.75) is 25.7 Å². The van der Waals surface area contributed by atoms with Crippen molar-refractivity contribution in [2.24, 2.45) is 0 Å². The highest BCUT2D eigenvalue weighted by molar-refractivity contribution is 5.98. The monoisotopic (exact) mass is 634 g/mol. The van der Waals surface area contributed by atoms with Crippen LogP contribution >= 0.6 is 0 Å². The van der Waals surface area contributed by atoms with E-state index in [0.717, 1.165) is 12.1 Å². The second-order valence-electron chi connectivity index (χ2n) is 9.95. The van der Waals surface area contributed by atoms with Crippen LogP contribution in [-0.2, 0) is 35.3 Å². The Bertz CT molecular complexity index is 1830. The third-order valence-corrected chi connectivity index (χ3v) is 6.75. The Labute approximate surface area is 260 Å². The Morgan fingerprint density at radius 1 is 0.957 bits per heavy atom. The highest BCUT2D eigenvalue weighted by Crippen LogP contribution is 2.31. The number of aromatic nitrogens is 2. The number of amides is 1. The number of carbonyl (C=O) groups is 2. The van der Waals surface area contributed by atoms with E-state index in [-0.39, 0.29) is 36.9 Å². The summed E-state index contributed by atoms with van der Waals surface area (Å²) in [5, 5.41) is 5.99. The number of carbonyl (C=O) groups excluding carboxylic acids is 2. The lowest BCUT2D eigenvalue weighted by molar-refractivity contribution is -0.137. The zero-order valence-corrected chi connectivity index (χ0v) is 24.2. The van der Waals surface area contributed by atoms with E-state index in [9.17, 15) is 27.2 Å². The lowest BCUT2D eigenvalue weighted by Crippen LogP contribution is -2.16. The predicted molar refractivity (Wildman–Crippen MR) is 159 cm³/mol. The first-order valence-electron chi connectivity index (χ1n) is 13.8. The summed E-state index contributed by atoms with van der Waals surface area (Å²) in [6.45, 7) is -0.0433. The van der Waals surface area contributed by atoms with Gasteiger partial charge in [0.1, 0.15) is 18.2 Å². The average molecular weight is 635 g/mol. The minimum Gasteiger partial charge on any atom is -0.473 e. The van der Waals surface area contributed by atoms with Gasteiger partial charge < -0.3 is 24.5 Å². The predicted octanol–water partition coefficient (Wildman–Crippen LogP) is 7.05. The van der Waals surface area contributed by atoms with E-state index < -0.39 is 23.5 Å². The lowest BCUT2D eigenvalue weighted by atomic mass is 10.1. The van der Waals surface area contributed by atoms with Crippen LogP contribution in [0.5, 0.6) is 5.88 Å². The molecule has 5 rings (SSSR count). The Balaban J connectivity index is 1.21. The van der Waals surface area contributed by atoms with Gasteiger partial charge in [-0.1, -0.05) is 36.4 Å². The molecule has 0 aliphatic carbocycles. The summed E-state index contributed by atoms with van der Waals surface area (Å²) in [6.07, 6.45) is -1.75.